The Bertz CT molecular complexity index is 1000. The molecule has 0 spiro atoms. The van der Waals surface area contributed by atoms with Crippen LogP contribution in [0, 0.1) is 5.92 Å². The van der Waals surface area contributed by atoms with Gasteiger partial charge in [-0.2, -0.15) is 4.31 Å². The van der Waals surface area contributed by atoms with Crippen LogP contribution in [0.3, 0.4) is 0 Å². The third-order valence-corrected chi connectivity index (χ3v) is 9.42. The maximum absolute atomic E-state index is 13.6. The fraction of sp³-hybridized carbons (Fsp3) is 0.667. The molecule has 0 aromatic heterocycles. The average molecular weight is 477 g/mol. The Kier molecular flexibility index (Phi) is 7.00. The van der Waals surface area contributed by atoms with Crippen LogP contribution in [0.2, 0.25) is 0 Å². The van der Waals surface area contributed by atoms with Crippen LogP contribution in [0.4, 0.5) is 11.4 Å². The first-order valence-corrected chi connectivity index (χ1v) is 13.7. The number of nitrogens with zero attached hydrogens (tertiary/aromatic N) is 4. The Labute approximate surface area is 197 Å². The first-order chi connectivity index (χ1) is 15.8. The minimum atomic E-state index is -3.68. The fourth-order valence-electron chi connectivity index (χ4n) is 5.27. The van der Waals surface area contributed by atoms with E-state index >= 15 is 0 Å². The highest BCUT2D eigenvalue weighted by Gasteiger charge is 2.41. The highest BCUT2D eigenvalue weighted by atomic mass is 32.2. The summed E-state index contributed by atoms with van der Waals surface area (Å²) in [4.78, 5) is 32.4. The van der Waals surface area contributed by atoms with E-state index in [4.69, 9.17) is 0 Å². The number of anilines is 2. The summed E-state index contributed by atoms with van der Waals surface area (Å²) in [6.07, 6.45) is 4.66. The standard InChI is InChI=1S/C24H36N4O4S/c1-4-26(5-2)33(31,32)19-9-10-20-22(16-19)28(24(30)21-8-6-7-13-27(20)21)17-23(29)25-14-11-18(3)12-15-25/h9-10,16,18,21H,4-8,11-15,17H2,1-3H3/t21-/m1/s1. The zero-order valence-corrected chi connectivity index (χ0v) is 20.8. The summed E-state index contributed by atoms with van der Waals surface area (Å²) in [5.41, 5.74) is 1.38. The fourth-order valence-corrected chi connectivity index (χ4v) is 6.75. The SMILES string of the molecule is CCN(CC)S(=O)(=O)c1ccc2c(c1)N(CC(=O)N1CCC(C)CC1)C(=O)[C@H]1CCCCN21. The van der Waals surface area contributed by atoms with Crippen LogP contribution in [0.15, 0.2) is 23.1 Å². The number of amides is 2. The highest BCUT2D eigenvalue weighted by Crippen LogP contribution is 2.41. The third-order valence-electron chi connectivity index (χ3n) is 7.37. The second-order valence-electron chi connectivity index (χ2n) is 9.43. The van der Waals surface area contributed by atoms with Gasteiger partial charge in [0.05, 0.1) is 16.3 Å². The Morgan fingerprint density at radius 2 is 1.73 bits per heavy atom. The van der Waals surface area contributed by atoms with Gasteiger partial charge >= 0.3 is 0 Å². The van der Waals surface area contributed by atoms with Gasteiger partial charge in [0.1, 0.15) is 12.6 Å². The van der Waals surface area contributed by atoms with Crippen molar-refractivity contribution in [1.29, 1.82) is 0 Å². The minimum absolute atomic E-state index is 0.0423. The Morgan fingerprint density at radius 1 is 1.03 bits per heavy atom. The first-order valence-electron chi connectivity index (χ1n) is 12.3. The lowest BCUT2D eigenvalue weighted by Crippen LogP contribution is -2.57. The van der Waals surface area contributed by atoms with Gasteiger partial charge in [-0.3, -0.25) is 14.5 Å². The molecule has 8 nitrogen and oxygen atoms in total. The number of hydrogen-bond donors (Lipinski definition) is 0. The number of hydrogen-bond acceptors (Lipinski definition) is 5. The van der Waals surface area contributed by atoms with Crippen molar-refractivity contribution >= 4 is 33.2 Å². The summed E-state index contributed by atoms with van der Waals surface area (Å²) in [7, 11) is -3.68. The summed E-state index contributed by atoms with van der Waals surface area (Å²) in [6, 6.07) is 4.76. The Morgan fingerprint density at radius 3 is 2.39 bits per heavy atom. The van der Waals surface area contributed by atoms with Crippen molar-refractivity contribution in [2.24, 2.45) is 5.92 Å². The monoisotopic (exact) mass is 476 g/mol. The molecule has 3 heterocycles. The van der Waals surface area contributed by atoms with Crippen molar-refractivity contribution in [1.82, 2.24) is 9.21 Å². The predicted molar refractivity (Wildman–Crippen MR) is 129 cm³/mol. The predicted octanol–water partition coefficient (Wildman–Crippen LogP) is 2.68. The lowest BCUT2D eigenvalue weighted by atomic mass is 9.96. The van der Waals surface area contributed by atoms with Gasteiger partial charge in [-0.05, 0) is 56.2 Å². The summed E-state index contributed by atoms with van der Waals surface area (Å²) in [6.45, 7) is 8.70. The molecule has 182 valence electrons. The van der Waals surface area contributed by atoms with E-state index in [0.717, 1.165) is 44.3 Å². The van der Waals surface area contributed by atoms with Gasteiger partial charge in [-0.25, -0.2) is 8.42 Å². The van der Waals surface area contributed by atoms with Crippen molar-refractivity contribution in [3.05, 3.63) is 18.2 Å². The van der Waals surface area contributed by atoms with Crippen molar-refractivity contribution < 1.29 is 18.0 Å². The molecule has 0 saturated carbocycles. The molecule has 0 bridgehead atoms. The van der Waals surface area contributed by atoms with E-state index < -0.39 is 10.0 Å². The van der Waals surface area contributed by atoms with E-state index in [2.05, 4.69) is 11.8 Å². The molecule has 0 N–H and O–H groups in total. The van der Waals surface area contributed by atoms with Crippen LogP contribution in [-0.2, 0) is 19.6 Å². The summed E-state index contributed by atoms with van der Waals surface area (Å²) in [5.74, 6) is 0.441. The molecule has 3 aliphatic heterocycles. The van der Waals surface area contributed by atoms with E-state index in [-0.39, 0.29) is 29.3 Å². The van der Waals surface area contributed by atoms with Crippen molar-refractivity contribution in [2.45, 2.75) is 63.8 Å². The lowest BCUT2D eigenvalue weighted by molar-refractivity contribution is -0.133. The lowest BCUT2D eigenvalue weighted by Gasteiger charge is -2.45. The Hall–Kier alpha value is -2.13. The number of sulfonamides is 1. The first kappa shape index (κ1) is 24.0. The topological polar surface area (TPSA) is 81.2 Å². The number of likely N-dealkylation sites (tertiary alicyclic amines) is 1. The van der Waals surface area contributed by atoms with Crippen molar-refractivity contribution in [3.8, 4) is 0 Å². The summed E-state index contributed by atoms with van der Waals surface area (Å²) < 4.78 is 27.8. The molecular formula is C24H36N4O4S. The maximum Gasteiger partial charge on any atom is 0.250 e. The molecule has 0 radical (unpaired) electrons. The van der Waals surface area contributed by atoms with Gasteiger partial charge in [0.2, 0.25) is 21.8 Å². The number of carbonyl (C=O) groups excluding carboxylic acids is 2. The smallest absolute Gasteiger partial charge is 0.250 e. The van der Waals surface area contributed by atoms with E-state index in [0.29, 0.717) is 37.8 Å². The molecule has 1 aromatic carbocycles. The molecule has 1 atom stereocenters. The molecule has 3 aliphatic rings. The van der Waals surface area contributed by atoms with Crippen LogP contribution in [0.1, 0.15) is 52.9 Å². The van der Waals surface area contributed by atoms with Crippen LogP contribution in [0.5, 0.6) is 0 Å². The number of carbonyl (C=O) groups is 2. The molecule has 1 aromatic rings. The van der Waals surface area contributed by atoms with Crippen LogP contribution >= 0.6 is 0 Å². The molecule has 2 fully saturated rings. The quantitative estimate of drug-likeness (QED) is 0.631. The summed E-state index contributed by atoms with van der Waals surface area (Å²) >= 11 is 0. The molecule has 2 saturated heterocycles. The third kappa shape index (κ3) is 4.49. The van der Waals surface area contributed by atoms with E-state index in [1.807, 2.05) is 24.8 Å². The molecular weight excluding hydrogens is 440 g/mol. The van der Waals surface area contributed by atoms with E-state index in [9.17, 15) is 18.0 Å². The Balaban J connectivity index is 1.71. The maximum atomic E-state index is 13.6. The van der Waals surface area contributed by atoms with Gasteiger partial charge in [0, 0.05) is 32.7 Å². The molecule has 9 heteroatoms. The average Bonchev–Trinajstić information content (AvgIpc) is 2.82. The van der Waals surface area contributed by atoms with E-state index in [1.54, 1.807) is 17.0 Å². The molecule has 0 aliphatic carbocycles. The van der Waals surface area contributed by atoms with Gasteiger partial charge in [-0.15, -0.1) is 0 Å². The molecule has 4 rings (SSSR count). The zero-order chi connectivity index (χ0) is 23.8. The number of piperidine rings is 2. The highest BCUT2D eigenvalue weighted by molar-refractivity contribution is 7.89. The zero-order valence-electron chi connectivity index (χ0n) is 20.0. The minimum Gasteiger partial charge on any atom is -0.358 e. The van der Waals surface area contributed by atoms with Gasteiger partial charge in [-0.1, -0.05) is 20.8 Å². The summed E-state index contributed by atoms with van der Waals surface area (Å²) in [5, 5.41) is 0. The van der Waals surface area contributed by atoms with Gasteiger partial charge in [0.15, 0.2) is 0 Å². The van der Waals surface area contributed by atoms with Crippen LogP contribution in [0.25, 0.3) is 0 Å². The largest absolute Gasteiger partial charge is 0.358 e. The van der Waals surface area contributed by atoms with Crippen molar-refractivity contribution in [2.75, 3.05) is 49.1 Å². The van der Waals surface area contributed by atoms with E-state index in [1.165, 1.54) is 4.31 Å². The normalized spacial score (nSPS) is 21.9. The second-order valence-corrected chi connectivity index (χ2v) is 11.4. The molecule has 0 unspecified atom stereocenters. The second kappa shape index (κ2) is 9.62. The number of rotatable bonds is 6. The van der Waals surface area contributed by atoms with Crippen LogP contribution < -0.4 is 9.80 Å². The number of fused-ring (bicyclic) bond motifs is 3. The number of benzene rings is 1. The van der Waals surface area contributed by atoms with Gasteiger partial charge in [0.25, 0.3) is 0 Å². The van der Waals surface area contributed by atoms with Gasteiger partial charge < -0.3 is 9.80 Å². The molecule has 2 amide bonds. The molecule has 33 heavy (non-hydrogen) atoms. The van der Waals surface area contributed by atoms with Crippen LogP contribution in [-0.4, -0.2) is 74.7 Å². The van der Waals surface area contributed by atoms with Crippen molar-refractivity contribution in [3.63, 3.8) is 0 Å².